The number of carbonyl (C=O) groups excluding carboxylic acids is 2. The zero-order valence-electron chi connectivity index (χ0n) is 25.1. The molecule has 234 valence electrons. The van der Waals surface area contributed by atoms with E-state index in [1.807, 2.05) is 6.07 Å². The highest BCUT2D eigenvalue weighted by molar-refractivity contribution is 7.91. The fraction of sp³-hybridized carbons (Fsp3) is 0.533. The summed E-state index contributed by atoms with van der Waals surface area (Å²) in [5.41, 5.74) is 6.24. The van der Waals surface area contributed by atoms with E-state index in [0.717, 1.165) is 11.1 Å². The van der Waals surface area contributed by atoms with E-state index in [0.29, 0.717) is 15.9 Å². The van der Waals surface area contributed by atoms with Gasteiger partial charge in [0, 0.05) is 48.2 Å². The maximum Gasteiger partial charge on any atom is 0.424 e. The van der Waals surface area contributed by atoms with Crippen molar-refractivity contribution in [3.63, 3.8) is 0 Å². The van der Waals surface area contributed by atoms with E-state index in [9.17, 15) is 18.0 Å². The van der Waals surface area contributed by atoms with Crippen LogP contribution < -0.4 is 10.5 Å². The van der Waals surface area contributed by atoms with Crippen LogP contribution in [0.1, 0.15) is 59.6 Å². The molecule has 1 aliphatic carbocycles. The zero-order valence-corrected chi connectivity index (χ0v) is 25.9. The lowest BCUT2D eigenvalue weighted by molar-refractivity contribution is -0.129. The lowest BCUT2D eigenvalue weighted by atomic mass is 9.61. The van der Waals surface area contributed by atoms with Crippen LogP contribution in [0.3, 0.4) is 0 Å². The summed E-state index contributed by atoms with van der Waals surface area (Å²) < 4.78 is 69.0. The van der Waals surface area contributed by atoms with Gasteiger partial charge in [0.05, 0.1) is 18.8 Å². The Labute approximate surface area is 250 Å². The summed E-state index contributed by atoms with van der Waals surface area (Å²) in [4.78, 5) is 33.7. The molecule has 2 aromatic heterocycles. The second-order valence-corrected chi connectivity index (χ2v) is 14.4. The molecule has 1 aliphatic heterocycles. The van der Waals surface area contributed by atoms with Crippen molar-refractivity contribution < 1.29 is 36.3 Å². The Morgan fingerprint density at radius 1 is 1.19 bits per heavy atom. The largest absolute Gasteiger partial charge is 0.481 e. The van der Waals surface area contributed by atoms with Crippen LogP contribution in [0.15, 0.2) is 42.7 Å². The van der Waals surface area contributed by atoms with Gasteiger partial charge in [0.1, 0.15) is 10.3 Å². The number of nitrogens with zero attached hydrogens (tertiary/aromatic N) is 3. The number of alkyl halides is 2. The smallest absolute Gasteiger partial charge is 0.424 e. The molecule has 0 radical (unpaired) electrons. The number of carbonyl (C=O) groups is 2. The first-order valence-electron chi connectivity index (χ1n) is 14.0. The summed E-state index contributed by atoms with van der Waals surface area (Å²) in [7, 11) is -3.21. The fourth-order valence-corrected chi connectivity index (χ4v) is 9.06. The highest BCUT2D eigenvalue weighted by Crippen LogP contribution is 2.61. The fourth-order valence-electron chi connectivity index (χ4n) is 6.43. The zero-order chi connectivity index (χ0) is 32.0. The highest BCUT2D eigenvalue weighted by atomic mass is 32.2. The number of hydrogen-bond acceptors (Lipinski definition) is 8. The molecule has 1 saturated carbocycles. The minimum absolute atomic E-state index is 0.420. The maximum absolute atomic E-state index is 15.8. The number of methoxy groups -OCH3 is 1. The first-order valence-corrected chi connectivity index (χ1v) is 15.5. The maximum atomic E-state index is 15.8. The average molecular weight is 621 g/mol. The van der Waals surface area contributed by atoms with Gasteiger partial charge in [-0.3, -0.25) is 9.78 Å². The summed E-state index contributed by atoms with van der Waals surface area (Å²) in [5, 5.41) is 0. The quantitative estimate of drug-likeness (QED) is 0.454. The van der Waals surface area contributed by atoms with Gasteiger partial charge in [-0.25, -0.2) is 31.3 Å². The van der Waals surface area contributed by atoms with Gasteiger partial charge in [-0.05, 0) is 64.3 Å². The van der Waals surface area contributed by atoms with Crippen molar-refractivity contribution in [1.82, 2.24) is 14.3 Å². The van der Waals surface area contributed by atoms with Gasteiger partial charge in [-0.1, -0.05) is 19.1 Å². The standard InChI is InChI=1S/C30H38F2N4O6S/c1-18-22(12-11-21-10-9-20(16-35-21)23-8-7-15-34-26(23)41-6)25-19(2)36(27(38)42-28(3,4)5)43(39,40)29(25,14-13-24(33)37)17-30(18,31)32/h7-12,15-16,18-19,22,25H,13-14,17H2,1-6H3,(H2,33,37)/b12-11+/t18-,19+,22-,25-,29+/m0/s1. The summed E-state index contributed by atoms with van der Waals surface area (Å²) in [6, 6.07) is 6.04. The molecule has 2 N–H and O–H groups in total. The molecule has 2 aliphatic rings. The van der Waals surface area contributed by atoms with E-state index in [4.69, 9.17) is 15.2 Å². The third kappa shape index (κ3) is 5.96. The minimum Gasteiger partial charge on any atom is -0.481 e. The molecule has 0 bridgehead atoms. The molecule has 4 rings (SSSR count). The van der Waals surface area contributed by atoms with Crippen molar-refractivity contribution >= 4 is 28.1 Å². The van der Waals surface area contributed by atoms with Crippen molar-refractivity contribution in [3.8, 4) is 17.0 Å². The lowest BCUT2D eigenvalue weighted by Gasteiger charge is -2.48. The number of hydrogen-bond donors (Lipinski definition) is 1. The van der Waals surface area contributed by atoms with Gasteiger partial charge in [0.2, 0.25) is 21.8 Å². The molecule has 10 nitrogen and oxygen atoms in total. The number of pyridine rings is 2. The Hall–Kier alpha value is -3.61. The Kier molecular flexibility index (Phi) is 8.62. The van der Waals surface area contributed by atoms with E-state index < -0.39 is 81.4 Å². The first kappa shape index (κ1) is 32.3. The van der Waals surface area contributed by atoms with E-state index in [1.54, 1.807) is 63.5 Å². The van der Waals surface area contributed by atoms with Gasteiger partial charge in [0.15, 0.2) is 0 Å². The van der Waals surface area contributed by atoms with Crippen LogP contribution in [0, 0.1) is 17.8 Å². The molecule has 13 heteroatoms. The number of allylic oxidation sites excluding steroid dienone is 1. The molecule has 2 aromatic rings. The number of rotatable bonds is 7. The number of amides is 2. The minimum atomic E-state index is -4.72. The molecule has 0 unspecified atom stereocenters. The number of primary amides is 1. The second kappa shape index (κ2) is 11.5. The van der Waals surface area contributed by atoms with Crippen molar-refractivity contribution in [2.75, 3.05) is 7.11 Å². The number of halogens is 2. The molecule has 2 fully saturated rings. The number of aromatic nitrogens is 2. The Morgan fingerprint density at radius 2 is 1.88 bits per heavy atom. The van der Waals surface area contributed by atoms with Crippen molar-refractivity contribution in [2.45, 2.75) is 76.2 Å². The number of nitrogens with two attached hydrogens (primary N) is 1. The third-order valence-corrected chi connectivity index (χ3v) is 11.0. The molecule has 2 amide bonds. The lowest BCUT2D eigenvalue weighted by Crippen LogP contribution is -2.58. The second-order valence-electron chi connectivity index (χ2n) is 12.3. The van der Waals surface area contributed by atoms with Crippen LogP contribution in [0.5, 0.6) is 5.88 Å². The Balaban J connectivity index is 1.77. The number of ether oxygens (including phenoxy) is 2. The van der Waals surface area contributed by atoms with Crippen LogP contribution in [-0.4, -0.2) is 64.1 Å². The summed E-state index contributed by atoms with van der Waals surface area (Å²) in [6.07, 6.45) is 3.23. The number of sulfonamides is 1. The third-order valence-electron chi connectivity index (χ3n) is 8.38. The van der Waals surface area contributed by atoms with Crippen molar-refractivity contribution in [1.29, 1.82) is 0 Å². The Morgan fingerprint density at radius 3 is 2.47 bits per heavy atom. The van der Waals surface area contributed by atoms with Crippen molar-refractivity contribution in [3.05, 3.63) is 48.4 Å². The predicted octanol–water partition coefficient (Wildman–Crippen LogP) is 5.05. The molecule has 0 spiro atoms. The van der Waals surface area contributed by atoms with Gasteiger partial charge in [-0.2, -0.15) is 0 Å². The topological polar surface area (TPSA) is 142 Å². The van der Waals surface area contributed by atoms with E-state index >= 15 is 8.78 Å². The van der Waals surface area contributed by atoms with Crippen LogP contribution in [0.2, 0.25) is 0 Å². The molecule has 3 heterocycles. The van der Waals surface area contributed by atoms with Crippen LogP contribution in [0.4, 0.5) is 13.6 Å². The normalized spacial score (nSPS) is 28.0. The number of fused-ring (bicyclic) bond motifs is 1. The van der Waals surface area contributed by atoms with Crippen molar-refractivity contribution in [2.24, 2.45) is 23.5 Å². The van der Waals surface area contributed by atoms with Gasteiger partial charge < -0.3 is 15.2 Å². The Bertz CT molecular complexity index is 1510. The van der Waals surface area contributed by atoms with Crippen LogP contribution in [-0.2, 0) is 19.6 Å². The molecular weight excluding hydrogens is 582 g/mol. The molecule has 5 atom stereocenters. The highest BCUT2D eigenvalue weighted by Gasteiger charge is 2.72. The molecule has 0 aromatic carbocycles. The van der Waals surface area contributed by atoms with Gasteiger partial charge in [0.25, 0.3) is 5.92 Å². The monoisotopic (exact) mass is 620 g/mol. The summed E-state index contributed by atoms with van der Waals surface area (Å²) in [5.74, 6) is -7.11. The van der Waals surface area contributed by atoms with Crippen LogP contribution >= 0.6 is 0 Å². The summed E-state index contributed by atoms with van der Waals surface area (Å²) in [6.45, 7) is 7.63. The van der Waals surface area contributed by atoms with Crippen LogP contribution in [0.25, 0.3) is 17.2 Å². The molecule has 43 heavy (non-hydrogen) atoms. The molecule has 1 saturated heterocycles. The first-order chi connectivity index (χ1) is 19.9. The van der Waals surface area contributed by atoms with E-state index in [1.165, 1.54) is 21.0 Å². The van der Waals surface area contributed by atoms with Gasteiger partial charge >= 0.3 is 6.09 Å². The van der Waals surface area contributed by atoms with E-state index in [-0.39, 0.29) is 0 Å². The average Bonchev–Trinajstić information content (AvgIpc) is 3.08. The SMILES string of the molecule is COc1ncccc1-c1ccc(/C=C/[C@@H]2[C@@H]3[C@@H](C)N(C(=O)OC(C)(C)C)S(=O)(=O)[C@]3(CCC(N)=O)CC(F)(F)[C@H]2C)nc1. The van der Waals surface area contributed by atoms with E-state index in [2.05, 4.69) is 9.97 Å². The summed E-state index contributed by atoms with van der Waals surface area (Å²) >= 11 is 0. The van der Waals surface area contributed by atoms with Gasteiger partial charge in [-0.15, -0.1) is 0 Å². The molecular formula is C30H38F2N4O6S. The predicted molar refractivity (Wildman–Crippen MR) is 156 cm³/mol.